The number of nitrogens with two attached hydrogens (primary N) is 1. The van der Waals surface area contributed by atoms with Gasteiger partial charge in [0, 0.05) is 17.7 Å². The molecule has 114 valence electrons. The van der Waals surface area contributed by atoms with Crippen molar-refractivity contribution in [3.8, 4) is 5.75 Å². The Kier molecular flexibility index (Phi) is 3.19. The predicted molar refractivity (Wildman–Crippen MR) is 64.6 cm³/mol. The zero-order valence-electron chi connectivity index (χ0n) is 10.6. The minimum absolute atomic E-state index is 0.375. The van der Waals surface area contributed by atoms with Crippen molar-refractivity contribution in [3.63, 3.8) is 0 Å². The Labute approximate surface area is 116 Å². The first kappa shape index (κ1) is 14.9. The molecule has 0 saturated carbocycles. The van der Waals surface area contributed by atoms with Gasteiger partial charge in [0.25, 0.3) is 6.02 Å². The Hall–Kier alpha value is -2.52. The van der Waals surface area contributed by atoms with E-state index in [1.54, 1.807) is 0 Å². The van der Waals surface area contributed by atoms with E-state index in [0.29, 0.717) is 12.1 Å². The van der Waals surface area contributed by atoms with Crippen LogP contribution < -0.4 is 5.73 Å². The number of nitro groups is 1. The molecular weight excluding hydrogens is 295 g/mol. The van der Waals surface area contributed by atoms with E-state index < -0.39 is 51.8 Å². The SMILES string of the molecule is C[C@]1(c2cc([N+](=O)[O-])c(O)cc2F)OC(N)=NCC1(F)F. The smallest absolute Gasteiger partial charge is 0.311 e. The molecule has 0 amide bonds. The minimum atomic E-state index is -3.65. The second kappa shape index (κ2) is 4.50. The Balaban J connectivity index is 2.67. The summed E-state index contributed by atoms with van der Waals surface area (Å²) in [4.78, 5) is 12.9. The van der Waals surface area contributed by atoms with Gasteiger partial charge in [0.1, 0.15) is 12.4 Å². The van der Waals surface area contributed by atoms with Crippen molar-refractivity contribution in [2.45, 2.75) is 18.4 Å². The van der Waals surface area contributed by atoms with Gasteiger partial charge < -0.3 is 15.6 Å². The third-order valence-electron chi connectivity index (χ3n) is 3.22. The van der Waals surface area contributed by atoms with Crippen LogP contribution in [0.4, 0.5) is 18.9 Å². The van der Waals surface area contributed by atoms with Crippen molar-refractivity contribution in [1.29, 1.82) is 0 Å². The van der Waals surface area contributed by atoms with Gasteiger partial charge in [0.15, 0.2) is 5.75 Å². The summed E-state index contributed by atoms with van der Waals surface area (Å²) in [6.07, 6.45) is 0. The number of alkyl halides is 2. The lowest BCUT2D eigenvalue weighted by atomic mass is 9.87. The molecule has 1 heterocycles. The van der Waals surface area contributed by atoms with E-state index in [0.717, 1.165) is 6.92 Å². The number of phenols is 1. The Morgan fingerprint density at radius 1 is 1.52 bits per heavy atom. The topological polar surface area (TPSA) is 111 Å². The molecule has 0 spiro atoms. The molecule has 1 atom stereocenters. The largest absolute Gasteiger partial charge is 0.502 e. The highest BCUT2D eigenvalue weighted by molar-refractivity contribution is 5.73. The lowest BCUT2D eigenvalue weighted by Gasteiger charge is -2.39. The van der Waals surface area contributed by atoms with Gasteiger partial charge in [-0.2, -0.15) is 8.78 Å². The molecule has 3 N–H and O–H groups in total. The van der Waals surface area contributed by atoms with Crippen molar-refractivity contribution >= 4 is 11.7 Å². The third-order valence-corrected chi connectivity index (χ3v) is 3.22. The first-order chi connectivity index (χ1) is 9.58. The number of nitrogens with zero attached hydrogens (tertiary/aromatic N) is 2. The van der Waals surface area contributed by atoms with E-state index in [-0.39, 0.29) is 0 Å². The number of phenolic OH excluding ortho intramolecular Hbond substituents is 1. The zero-order chi connectivity index (χ0) is 16.0. The van der Waals surface area contributed by atoms with Crippen LogP contribution in [-0.2, 0) is 10.3 Å². The highest BCUT2D eigenvalue weighted by Gasteiger charge is 2.58. The van der Waals surface area contributed by atoms with Gasteiger partial charge in [-0.25, -0.2) is 9.38 Å². The molecular formula is C11H10F3N3O4. The average molecular weight is 305 g/mol. The van der Waals surface area contributed by atoms with E-state index in [1.807, 2.05) is 0 Å². The lowest BCUT2D eigenvalue weighted by Crippen LogP contribution is -2.53. The monoisotopic (exact) mass is 305 g/mol. The van der Waals surface area contributed by atoms with E-state index in [2.05, 4.69) is 4.99 Å². The molecule has 0 fully saturated rings. The van der Waals surface area contributed by atoms with Gasteiger partial charge in [-0.15, -0.1) is 0 Å². The van der Waals surface area contributed by atoms with Gasteiger partial charge in [0.05, 0.1) is 4.92 Å². The molecule has 0 bridgehead atoms. The molecule has 21 heavy (non-hydrogen) atoms. The number of amidine groups is 1. The summed E-state index contributed by atoms with van der Waals surface area (Å²) < 4.78 is 46.8. The number of hydrogen-bond donors (Lipinski definition) is 2. The van der Waals surface area contributed by atoms with Gasteiger partial charge in [-0.1, -0.05) is 0 Å². The van der Waals surface area contributed by atoms with Crippen LogP contribution in [0.25, 0.3) is 0 Å². The van der Waals surface area contributed by atoms with Crippen molar-refractivity contribution in [2.75, 3.05) is 6.54 Å². The van der Waals surface area contributed by atoms with E-state index >= 15 is 0 Å². The molecule has 7 nitrogen and oxygen atoms in total. The second-order valence-corrected chi connectivity index (χ2v) is 4.57. The quantitative estimate of drug-likeness (QED) is 0.637. The summed E-state index contributed by atoms with van der Waals surface area (Å²) in [5.41, 5.74) is 0.934. The van der Waals surface area contributed by atoms with Crippen molar-refractivity contribution < 1.29 is 27.9 Å². The number of aromatic hydroxyl groups is 1. The summed E-state index contributed by atoms with van der Waals surface area (Å²) in [6, 6.07) is 0.288. The maximum atomic E-state index is 14.0. The maximum absolute atomic E-state index is 14.0. The molecule has 0 aliphatic carbocycles. The summed E-state index contributed by atoms with van der Waals surface area (Å²) in [7, 11) is 0. The van der Waals surface area contributed by atoms with Crippen LogP contribution in [0.15, 0.2) is 17.1 Å². The van der Waals surface area contributed by atoms with Crippen LogP contribution in [0.2, 0.25) is 0 Å². The molecule has 10 heteroatoms. The highest BCUT2D eigenvalue weighted by Crippen LogP contribution is 2.46. The third kappa shape index (κ3) is 2.22. The fourth-order valence-corrected chi connectivity index (χ4v) is 1.96. The number of nitro benzene ring substituents is 1. The summed E-state index contributed by atoms with van der Waals surface area (Å²) >= 11 is 0. The van der Waals surface area contributed by atoms with Gasteiger partial charge >= 0.3 is 11.6 Å². The standard InChI is InChI=1S/C11H10F3N3O4/c1-10(11(13,14)4-16-9(15)21-10)5-2-7(17(19)20)8(18)3-6(5)12/h2-3,18H,4H2,1H3,(H2,15,16)/t10-/m1/s1. The number of aliphatic imine (C=N–C) groups is 1. The van der Waals surface area contributed by atoms with Gasteiger partial charge in [-0.05, 0) is 6.92 Å². The fourth-order valence-electron chi connectivity index (χ4n) is 1.96. The highest BCUT2D eigenvalue weighted by atomic mass is 19.3. The fraction of sp³-hybridized carbons (Fsp3) is 0.364. The first-order valence-electron chi connectivity index (χ1n) is 5.62. The summed E-state index contributed by atoms with van der Waals surface area (Å²) in [5, 5.41) is 20.0. The summed E-state index contributed by atoms with van der Waals surface area (Å²) in [5.74, 6) is -5.91. The molecule has 2 rings (SSSR count). The first-order valence-corrected chi connectivity index (χ1v) is 5.62. The van der Waals surface area contributed by atoms with Gasteiger partial charge in [-0.3, -0.25) is 10.1 Å². The normalized spacial score (nSPS) is 24.1. The zero-order valence-corrected chi connectivity index (χ0v) is 10.6. The van der Waals surface area contributed by atoms with Crippen LogP contribution in [0.1, 0.15) is 12.5 Å². The molecule has 1 aromatic rings. The maximum Gasteiger partial charge on any atom is 0.311 e. The second-order valence-electron chi connectivity index (χ2n) is 4.57. The number of halogens is 3. The Morgan fingerprint density at radius 3 is 2.71 bits per heavy atom. The van der Waals surface area contributed by atoms with Crippen LogP contribution in [0, 0.1) is 15.9 Å². The molecule has 1 aromatic carbocycles. The van der Waals surface area contributed by atoms with Crippen LogP contribution in [-0.4, -0.2) is 28.5 Å². The lowest BCUT2D eigenvalue weighted by molar-refractivity contribution is -0.386. The molecule has 0 unspecified atom stereocenters. The van der Waals surface area contributed by atoms with Crippen molar-refractivity contribution in [3.05, 3.63) is 33.6 Å². The molecule has 0 aromatic heterocycles. The van der Waals surface area contributed by atoms with Crippen molar-refractivity contribution in [2.24, 2.45) is 10.7 Å². The Morgan fingerprint density at radius 2 is 2.14 bits per heavy atom. The van der Waals surface area contributed by atoms with Crippen LogP contribution in [0.5, 0.6) is 5.75 Å². The number of hydrogen-bond acceptors (Lipinski definition) is 6. The number of ether oxygens (including phenoxy) is 1. The van der Waals surface area contributed by atoms with E-state index in [4.69, 9.17) is 10.5 Å². The van der Waals surface area contributed by atoms with Crippen LogP contribution >= 0.6 is 0 Å². The van der Waals surface area contributed by atoms with Gasteiger partial charge in [0.2, 0.25) is 5.60 Å². The summed E-state index contributed by atoms with van der Waals surface area (Å²) in [6.45, 7) is -0.211. The van der Waals surface area contributed by atoms with Crippen LogP contribution in [0.3, 0.4) is 0 Å². The predicted octanol–water partition coefficient (Wildman–Crippen LogP) is 1.63. The van der Waals surface area contributed by atoms with Crippen molar-refractivity contribution in [1.82, 2.24) is 0 Å². The number of rotatable bonds is 2. The average Bonchev–Trinajstić information content (AvgIpc) is 2.34. The van der Waals surface area contributed by atoms with E-state index in [1.165, 1.54) is 0 Å². The van der Waals surface area contributed by atoms with E-state index in [9.17, 15) is 28.4 Å². The molecule has 1 aliphatic heterocycles. The minimum Gasteiger partial charge on any atom is -0.502 e. The molecule has 0 radical (unpaired) electrons. The number of benzene rings is 1. The Bertz CT molecular complexity index is 650. The molecule has 0 saturated heterocycles. The molecule has 1 aliphatic rings.